The van der Waals surface area contributed by atoms with Crippen LogP contribution in [0.5, 0.6) is 5.75 Å². The molecule has 12 heteroatoms. The number of anilines is 1. The maximum atomic E-state index is 13.0. The van der Waals surface area contributed by atoms with Crippen LogP contribution in [0.1, 0.15) is 39.9 Å². The van der Waals surface area contributed by atoms with Crippen molar-refractivity contribution in [2.24, 2.45) is 0 Å². The highest BCUT2D eigenvalue weighted by Gasteiger charge is 2.39. The van der Waals surface area contributed by atoms with Crippen molar-refractivity contribution in [3.05, 3.63) is 58.7 Å². The van der Waals surface area contributed by atoms with E-state index in [0.29, 0.717) is 16.7 Å². The number of fused-ring (bicyclic) bond motifs is 1. The third-order valence-corrected chi connectivity index (χ3v) is 5.82. The summed E-state index contributed by atoms with van der Waals surface area (Å²) >= 11 is 0. The van der Waals surface area contributed by atoms with Crippen LogP contribution in [0.15, 0.2) is 36.4 Å². The molecule has 2 aromatic carbocycles. The second-order valence-electron chi connectivity index (χ2n) is 8.11. The van der Waals surface area contributed by atoms with Gasteiger partial charge in [0.2, 0.25) is 11.8 Å². The van der Waals surface area contributed by atoms with Gasteiger partial charge in [-0.25, -0.2) is 4.79 Å². The maximum Gasteiger partial charge on any atom is 0.416 e. The van der Waals surface area contributed by atoms with Crippen LogP contribution in [0.3, 0.4) is 0 Å². The van der Waals surface area contributed by atoms with Crippen LogP contribution in [0.25, 0.3) is 0 Å². The zero-order valence-corrected chi connectivity index (χ0v) is 18.5. The lowest BCUT2D eigenvalue weighted by Crippen LogP contribution is -2.52. The third-order valence-electron chi connectivity index (χ3n) is 5.82. The molecule has 0 bridgehead atoms. The molecule has 184 valence electrons. The minimum atomic E-state index is -4.58. The second kappa shape index (κ2) is 9.28. The smallest absolute Gasteiger partial charge is 0.416 e. The first-order valence-corrected chi connectivity index (χ1v) is 10.6. The number of nitrogens with zero attached hydrogens (tertiary/aromatic N) is 1. The van der Waals surface area contributed by atoms with Gasteiger partial charge in [-0.3, -0.25) is 19.7 Å². The molecule has 1 saturated heterocycles. The van der Waals surface area contributed by atoms with Gasteiger partial charge >= 0.3 is 12.2 Å². The number of benzene rings is 2. The van der Waals surface area contributed by atoms with Gasteiger partial charge in [-0.1, -0.05) is 12.1 Å². The van der Waals surface area contributed by atoms with Crippen LogP contribution in [-0.2, 0) is 28.9 Å². The fourth-order valence-electron chi connectivity index (χ4n) is 4.07. The number of carbonyl (C=O) groups is 4. The summed E-state index contributed by atoms with van der Waals surface area (Å²) in [6, 6.07) is 6.21. The highest BCUT2D eigenvalue weighted by molar-refractivity contribution is 6.05. The van der Waals surface area contributed by atoms with E-state index >= 15 is 0 Å². The number of piperidine rings is 1. The quantitative estimate of drug-likeness (QED) is 0.558. The first kappa shape index (κ1) is 24.0. The molecule has 0 aromatic heterocycles. The number of carbonyl (C=O) groups excluding carboxylic acids is 4. The van der Waals surface area contributed by atoms with Crippen LogP contribution in [0, 0.1) is 0 Å². The highest BCUT2D eigenvalue weighted by atomic mass is 19.4. The lowest BCUT2D eigenvalue weighted by molar-refractivity contribution is -0.138. The lowest BCUT2D eigenvalue weighted by atomic mass is 10.0. The van der Waals surface area contributed by atoms with E-state index in [2.05, 4.69) is 16.0 Å². The van der Waals surface area contributed by atoms with Gasteiger partial charge in [0, 0.05) is 25.1 Å². The molecule has 2 aliphatic heterocycles. The monoisotopic (exact) mass is 490 g/mol. The van der Waals surface area contributed by atoms with Crippen LogP contribution in [-0.4, -0.2) is 41.8 Å². The van der Waals surface area contributed by atoms with Gasteiger partial charge in [0.15, 0.2) is 0 Å². The second-order valence-corrected chi connectivity index (χ2v) is 8.11. The molecule has 4 rings (SSSR count). The molecule has 0 spiro atoms. The van der Waals surface area contributed by atoms with Gasteiger partial charge in [-0.15, -0.1) is 0 Å². The van der Waals surface area contributed by atoms with Crippen molar-refractivity contribution in [1.82, 2.24) is 15.5 Å². The number of urea groups is 1. The summed E-state index contributed by atoms with van der Waals surface area (Å²) in [5, 5.41) is 7.15. The standard InChI is InChI=1S/C23H21F3N4O5/c1-35-18-6-3-14(23(24,25)26)9-16(18)28-22(34)27-10-12-2-4-15-13(8-12)11-30(21(15)33)17-5-7-19(31)29-20(17)32/h2-4,6,8-9,17H,5,7,10-11H2,1H3,(H2,27,28,34)(H,29,31,32). The van der Waals surface area contributed by atoms with Crippen molar-refractivity contribution < 1.29 is 37.1 Å². The molecule has 0 aliphatic carbocycles. The van der Waals surface area contributed by atoms with E-state index in [1.165, 1.54) is 12.0 Å². The predicted octanol–water partition coefficient (Wildman–Crippen LogP) is 2.80. The summed E-state index contributed by atoms with van der Waals surface area (Å²) in [7, 11) is 1.27. The molecule has 35 heavy (non-hydrogen) atoms. The Kier molecular flexibility index (Phi) is 6.37. The van der Waals surface area contributed by atoms with Crippen LogP contribution >= 0.6 is 0 Å². The molecule has 2 aliphatic rings. The van der Waals surface area contributed by atoms with E-state index in [1.54, 1.807) is 18.2 Å². The Labute approximate surface area is 197 Å². The Morgan fingerprint density at radius 3 is 2.63 bits per heavy atom. The number of hydrogen-bond donors (Lipinski definition) is 3. The summed E-state index contributed by atoms with van der Waals surface area (Å²) in [5.74, 6) is -1.13. The Morgan fingerprint density at radius 2 is 1.94 bits per heavy atom. The number of hydrogen-bond acceptors (Lipinski definition) is 5. The van der Waals surface area contributed by atoms with Gasteiger partial charge in [-0.2, -0.15) is 13.2 Å². The number of amides is 5. The first-order chi connectivity index (χ1) is 16.6. The van der Waals surface area contributed by atoms with Gasteiger partial charge in [0.25, 0.3) is 5.91 Å². The number of imide groups is 1. The van der Waals surface area contributed by atoms with E-state index in [9.17, 15) is 32.3 Å². The average molecular weight is 490 g/mol. The van der Waals surface area contributed by atoms with Crippen molar-refractivity contribution in [3.63, 3.8) is 0 Å². The Bertz CT molecular complexity index is 1210. The fraction of sp³-hybridized carbons (Fsp3) is 0.304. The van der Waals surface area contributed by atoms with Crippen molar-refractivity contribution in [1.29, 1.82) is 0 Å². The molecule has 0 saturated carbocycles. The summed E-state index contributed by atoms with van der Waals surface area (Å²) in [4.78, 5) is 50.0. The zero-order chi connectivity index (χ0) is 25.3. The van der Waals surface area contributed by atoms with Gasteiger partial charge in [0.05, 0.1) is 18.4 Å². The van der Waals surface area contributed by atoms with E-state index in [0.717, 1.165) is 18.2 Å². The molecule has 5 amide bonds. The molecule has 3 N–H and O–H groups in total. The molecule has 0 radical (unpaired) electrons. The number of methoxy groups -OCH3 is 1. The molecule has 1 atom stereocenters. The molecule has 9 nitrogen and oxygen atoms in total. The number of ether oxygens (including phenoxy) is 1. The minimum absolute atomic E-state index is 0.0347. The summed E-state index contributed by atoms with van der Waals surface area (Å²) in [6.07, 6.45) is -4.18. The third kappa shape index (κ3) is 5.05. The Balaban J connectivity index is 1.40. The van der Waals surface area contributed by atoms with Crippen LogP contribution in [0.2, 0.25) is 0 Å². The molecular weight excluding hydrogens is 469 g/mol. The van der Waals surface area contributed by atoms with Crippen molar-refractivity contribution in [2.45, 2.75) is 38.1 Å². The largest absolute Gasteiger partial charge is 0.495 e. The topological polar surface area (TPSA) is 117 Å². The van der Waals surface area contributed by atoms with Crippen molar-refractivity contribution >= 4 is 29.4 Å². The average Bonchev–Trinajstić information content (AvgIpc) is 3.12. The minimum Gasteiger partial charge on any atom is -0.495 e. The predicted molar refractivity (Wildman–Crippen MR) is 116 cm³/mol. The summed E-state index contributed by atoms with van der Waals surface area (Å²) < 4.78 is 44.0. The lowest BCUT2D eigenvalue weighted by Gasteiger charge is -2.29. The fourth-order valence-corrected chi connectivity index (χ4v) is 4.07. The molecule has 2 aromatic rings. The van der Waals surface area contributed by atoms with Gasteiger partial charge in [0.1, 0.15) is 11.8 Å². The highest BCUT2D eigenvalue weighted by Crippen LogP contribution is 2.35. The number of alkyl halides is 3. The van der Waals surface area contributed by atoms with Gasteiger partial charge < -0.3 is 20.3 Å². The molecule has 1 fully saturated rings. The number of nitrogens with one attached hydrogen (secondary N) is 3. The van der Waals surface area contributed by atoms with E-state index in [4.69, 9.17) is 4.74 Å². The van der Waals surface area contributed by atoms with E-state index < -0.39 is 29.7 Å². The van der Waals surface area contributed by atoms with Crippen LogP contribution in [0.4, 0.5) is 23.7 Å². The molecule has 2 heterocycles. The van der Waals surface area contributed by atoms with E-state index in [1.807, 2.05) is 0 Å². The summed E-state index contributed by atoms with van der Waals surface area (Å²) in [6.45, 7) is 0.217. The SMILES string of the molecule is COc1ccc(C(F)(F)F)cc1NC(=O)NCc1ccc2c(c1)CN(C1CCC(=O)NC1=O)C2=O. The van der Waals surface area contributed by atoms with Crippen molar-refractivity contribution in [3.8, 4) is 5.75 Å². The summed E-state index contributed by atoms with van der Waals surface area (Å²) in [5.41, 5.74) is 0.667. The zero-order valence-electron chi connectivity index (χ0n) is 18.5. The number of rotatable bonds is 5. The van der Waals surface area contributed by atoms with Crippen LogP contribution < -0.4 is 20.7 Å². The van der Waals surface area contributed by atoms with Crippen molar-refractivity contribution in [2.75, 3.05) is 12.4 Å². The molecule has 1 unspecified atom stereocenters. The van der Waals surface area contributed by atoms with E-state index in [-0.39, 0.29) is 49.2 Å². The molecular formula is C23H21F3N4O5. The maximum absolute atomic E-state index is 13.0. The first-order valence-electron chi connectivity index (χ1n) is 10.6. The van der Waals surface area contributed by atoms with Gasteiger partial charge in [-0.05, 0) is 41.8 Å². The Hall–Kier alpha value is -4.09. The Morgan fingerprint density at radius 1 is 1.17 bits per heavy atom. The normalized spacial score (nSPS) is 17.7. The number of halogens is 3.